The summed E-state index contributed by atoms with van der Waals surface area (Å²) in [6, 6.07) is 21.6. The average Bonchev–Trinajstić information content (AvgIpc) is 3.09. The van der Waals surface area contributed by atoms with Gasteiger partial charge in [0.2, 0.25) is 0 Å². The Morgan fingerprint density at radius 2 is 1.74 bits per heavy atom. The lowest BCUT2D eigenvalue weighted by molar-refractivity contribution is 0.165. The lowest BCUT2D eigenvalue weighted by Crippen LogP contribution is -2.26. The van der Waals surface area contributed by atoms with E-state index in [4.69, 9.17) is 4.74 Å². The predicted molar refractivity (Wildman–Crippen MR) is 107 cm³/mol. The van der Waals surface area contributed by atoms with Crippen LogP contribution in [0, 0.1) is 5.82 Å². The highest BCUT2D eigenvalue weighted by Gasteiger charge is 2.11. The molecule has 3 nitrogen and oxygen atoms in total. The van der Waals surface area contributed by atoms with Crippen molar-refractivity contribution in [3.05, 3.63) is 95.6 Å². The van der Waals surface area contributed by atoms with E-state index in [0.717, 1.165) is 44.8 Å². The summed E-state index contributed by atoms with van der Waals surface area (Å²) >= 11 is 0. The first-order valence-electron chi connectivity index (χ1n) is 9.38. The fourth-order valence-electron chi connectivity index (χ4n) is 3.30. The Balaban J connectivity index is 1.70. The van der Waals surface area contributed by atoms with Crippen molar-refractivity contribution in [3.63, 3.8) is 0 Å². The molecule has 0 atom stereocenters. The summed E-state index contributed by atoms with van der Waals surface area (Å²) in [7, 11) is 1.72. The second kappa shape index (κ2) is 10.0. The molecular formula is C23H27FN2O. The maximum absolute atomic E-state index is 13.6. The van der Waals surface area contributed by atoms with Crippen molar-refractivity contribution in [2.75, 3.05) is 20.3 Å². The lowest BCUT2D eigenvalue weighted by Gasteiger charge is -2.23. The minimum Gasteiger partial charge on any atom is -0.385 e. The van der Waals surface area contributed by atoms with E-state index in [1.807, 2.05) is 12.1 Å². The first kappa shape index (κ1) is 19.3. The molecule has 0 unspecified atom stereocenters. The molecule has 0 radical (unpaired) electrons. The first-order chi connectivity index (χ1) is 13.2. The standard InChI is InChI=1S/C23H27FN2O/c1-27-15-7-13-25(17-21-10-5-11-22(24)16-21)19-23-12-6-14-26(23)18-20-8-3-2-4-9-20/h2-6,8-12,14,16H,7,13,15,17-19H2,1H3. The molecule has 142 valence electrons. The monoisotopic (exact) mass is 366 g/mol. The van der Waals surface area contributed by atoms with Crippen molar-refractivity contribution in [2.24, 2.45) is 0 Å². The molecule has 0 aliphatic heterocycles. The average molecular weight is 366 g/mol. The minimum absolute atomic E-state index is 0.184. The fourth-order valence-corrected chi connectivity index (χ4v) is 3.30. The second-order valence-corrected chi connectivity index (χ2v) is 6.80. The fraction of sp³-hybridized carbons (Fsp3) is 0.304. The molecule has 0 spiro atoms. The molecule has 3 aromatic rings. The Labute approximate surface area is 161 Å². The molecule has 2 aromatic carbocycles. The summed E-state index contributed by atoms with van der Waals surface area (Å²) in [6.07, 6.45) is 3.07. The van der Waals surface area contributed by atoms with E-state index < -0.39 is 0 Å². The Morgan fingerprint density at radius 3 is 2.52 bits per heavy atom. The SMILES string of the molecule is COCCCN(Cc1cccc(F)c1)Cc1cccn1Cc1ccccc1. The number of nitrogens with zero attached hydrogens (tertiary/aromatic N) is 2. The molecule has 4 heteroatoms. The van der Waals surface area contributed by atoms with Crippen LogP contribution in [0.15, 0.2) is 72.9 Å². The molecule has 0 fully saturated rings. The molecule has 0 N–H and O–H groups in total. The van der Waals surface area contributed by atoms with E-state index in [1.54, 1.807) is 19.2 Å². The molecule has 1 aromatic heterocycles. The van der Waals surface area contributed by atoms with E-state index in [-0.39, 0.29) is 5.82 Å². The van der Waals surface area contributed by atoms with Gasteiger partial charge in [-0.15, -0.1) is 0 Å². The number of aromatic nitrogens is 1. The minimum atomic E-state index is -0.184. The second-order valence-electron chi connectivity index (χ2n) is 6.80. The third-order valence-electron chi connectivity index (χ3n) is 4.62. The molecule has 1 heterocycles. The molecule has 0 amide bonds. The van der Waals surface area contributed by atoms with Crippen LogP contribution < -0.4 is 0 Å². The van der Waals surface area contributed by atoms with Crippen LogP contribution in [-0.4, -0.2) is 29.7 Å². The van der Waals surface area contributed by atoms with Gasteiger partial charge >= 0.3 is 0 Å². The van der Waals surface area contributed by atoms with Crippen molar-refractivity contribution in [1.29, 1.82) is 0 Å². The van der Waals surface area contributed by atoms with Crippen LogP contribution in [0.25, 0.3) is 0 Å². The normalized spacial score (nSPS) is 11.2. The highest BCUT2D eigenvalue weighted by molar-refractivity contribution is 5.19. The molecule has 3 rings (SSSR count). The zero-order valence-electron chi connectivity index (χ0n) is 15.9. The molecule has 0 bridgehead atoms. The quantitative estimate of drug-likeness (QED) is 0.483. The van der Waals surface area contributed by atoms with E-state index in [9.17, 15) is 4.39 Å². The number of hydrogen-bond acceptors (Lipinski definition) is 2. The largest absolute Gasteiger partial charge is 0.385 e. The predicted octanol–water partition coefficient (Wildman–Crippen LogP) is 4.71. The van der Waals surface area contributed by atoms with Gasteiger partial charge in [0.1, 0.15) is 5.82 Å². The Kier molecular flexibility index (Phi) is 7.19. The number of hydrogen-bond donors (Lipinski definition) is 0. The van der Waals surface area contributed by atoms with Crippen LogP contribution in [0.5, 0.6) is 0 Å². The Bertz CT molecular complexity index is 816. The van der Waals surface area contributed by atoms with Gasteiger partial charge in [0.15, 0.2) is 0 Å². The van der Waals surface area contributed by atoms with Gasteiger partial charge in [0.25, 0.3) is 0 Å². The maximum atomic E-state index is 13.6. The number of ether oxygens (including phenoxy) is 1. The van der Waals surface area contributed by atoms with Gasteiger partial charge in [-0.05, 0) is 41.8 Å². The van der Waals surface area contributed by atoms with Crippen LogP contribution >= 0.6 is 0 Å². The van der Waals surface area contributed by atoms with Crippen molar-refractivity contribution in [2.45, 2.75) is 26.1 Å². The van der Waals surface area contributed by atoms with E-state index in [0.29, 0.717) is 0 Å². The van der Waals surface area contributed by atoms with Gasteiger partial charge in [-0.25, -0.2) is 4.39 Å². The molecule has 0 saturated carbocycles. The summed E-state index contributed by atoms with van der Waals surface area (Å²) in [6.45, 7) is 4.03. The summed E-state index contributed by atoms with van der Waals surface area (Å²) in [4.78, 5) is 2.35. The maximum Gasteiger partial charge on any atom is 0.123 e. The van der Waals surface area contributed by atoms with Crippen LogP contribution in [0.3, 0.4) is 0 Å². The van der Waals surface area contributed by atoms with E-state index >= 15 is 0 Å². The first-order valence-corrected chi connectivity index (χ1v) is 9.38. The molecule has 0 aliphatic rings. The van der Waals surface area contributed by atoms with Crippen molar-refractivity contribution in [3.8, 4) is 0 Å². The molecule has 0 saturated heterocycles. The molecule has 0 aliphatic carbocycles. The Morgan fingerprint density at radius 1 is 0.926 bits per heavy atom. The van der Waals surface area contributed by atoms with Crippen LogP contribution in [0.1, 0.15) is 23.2 Å². The van der Waals surface area contributed by atoms with Crippen LogP contribution in [-0.2, 0) is 24.4 Å². The van der Waals surface area contributed by atoms with Crippen molar-refractivity contribution in [1.82, 2.24) is 9.47 Å². The lowest BCUT2D eigenvalue weighted by atomic mass is 10.2. The van der Waals surface area contributed by atoms with Gasteiger partial charge in [0, 0.05) is 51.8 Å². The highest BCUT2D eigenvalue weighted by Crippen LogP contribution is 2.14. The molecule has 27 heavy (non-hydrogen) atoms. The summed E-state index contributed by atoms with van der Waals surface area (Å²) in [5.74, 6) is -0.184. The zero-order chi connectivity index (χ0) is 18.9. The zero-order valence-corrected chi connectivity index (χ0v) is 15.9. The van der Waals surface area contributed by atoms with E-state index in [1.165, 1.54) is 17.3 Å². The Hall–Kier alpha value is -2.43. The van der Waals surface area contributed by atoms with Crippen LogP contribution in [0.2, 0.25) is 0 Å². The number of rotatable bonds is 10. The number of methoxy groups -OCH3 is 1. The highest BCUT2D eigenvalue weighted by atomic mass is 19.1. The van der Waals surface area contributed by atoms with Crippen LogP contribution in [0.4, 0.5) is 4.39 Å². The third kappa shape index (κ3) is 6.05. The summed E-state index contributed by atoms with van der Waals surface area (Å²) in [5.41, 5.74) is 3.53. The van der Waals surface area contributed by atoms with E-state index in [2.05, 4.69) is 52.1 Å². The van der Waals surface area contributed by atoms with Crippen molar-refractivity contribution >= 4 is 0 Å². The number of benzene rings is 2. The number of halogens is 1. The third-order valence-corrected chi connectivity index (χ3v) is 4.62. The topological polar surface area (TPSA) is 17.4 Å². The summed E-state index contributed by atoms with van der Waals surface area (Å²) in [5, 5.41) is 0. The molecular weight excluding hydrogens is 339 g/mol. The van der Waals surface area contributed by atoms with Gasteiger partial charge in [-0.2, -0.15) is 0 Å². The van der Waals surface area contributed by atoms with Gasteiger partial charge in [-0.1, -0.05) is 42.5 Å². The smallest absolute Gasteiger partial charge is 0.123 e. The van der Waals surface area contributed by atoms with Gasteiger partial charge in [0.05, 0.1) is 0 Å². The van der Waals surface area contributed by atoms with Gasteiger partial charge in [-0.3, -0.25) is 4.90 Å². The van der Waals surface area contributed by atoms with Gasteiger partial charge < -0.3 is 9.30 Å². The van der Waals surface area contributed by atoms with Crippen molar-refractivity contribution < 1.29 is 9.13 Å². The summed E-state index contributed by atoms with van der Waals surface area (Å²) < 4.78 is 21.1.